The van der Waals surface area contributed by atoms with Gasteiger partial charge in [-0.3, -0.25) is 0 Å². The number of benzene rings is 2. The van der Waals surface area contributed by atoms with E-state index in [1.165, 1.54) is 17.7 Å². The fraction of sp³-hybridized carbons (Fsp3) is 0.333. The first kappa shape index (κ1) is 16.2. The van der Waals surface area contributed by atoms with Crippen LogP contribution in [0, 0.1) is 18.6 Å². The van der Waals surface area contributed by atoms with Crippen LogP contribution in [0.4, 0.5) is 8.78 Å². The molecule has 1 atom stereocenters. The van der Waals surface area contributed by atoms with Gasteiger partial charge in [-0.15, -0.1) is 0 Å². The first-order valence-electron chi connectivity index (χ1n) is 6.90. The number of hydrogen-bond donors (Lipinski definition) is 0. The molecule has 2 aromatic rings. The molecule has 0 amide bonds. The molecule has 1 unspecified atom stereocenters. The van der Waals surface area contributed by atoms with Crippen LogP contribution >= 0.6 is 15.9 Å². The molecule has 21 heavy (non-hydrogen) atoms. The van der Waals surface area contributed by atoms with Crippen molar-refractivity contribution in [2.24, 2.45) is 0 Å². The molecule has 112 valence electrons. The topological polar surface area (TPSA) is 0 Å². The van der Waals surface area contributed by atoms with E-state index in [4.69, 9.17) is 0 Å². The Morgan fingerprint density at radius 3 is 2.05 bits per heavy atom. The van der Waals surface area contributed by atoms with Crippen LogP contribution in [-0.4, -0.2) is 0 Å². The molecule has 0 fully saturated rings. The van der Waals surface area contributed by atoms with Crippen LogP contribution in [0.3, 0.4) is 0 Å². The lowest BCUT2D eigenvalue weighted by molar-refractivity contribution is 0.581. The summed E-state index contributed by atoms with van der Waals surface area (Å²) in [7, 11) is 0. The molecule has 0 N–H and O–H groups in total. The Morgan fingerprint density at radius 2 is 1.52 bits per heavy atom. The molecule has 0 heterocycles. The molecular weight excluding hydrogens is 334 g/mol. The summed E-state index contributed by atoms with van der Waals surface area (Å²) < 4.78 is 27.7. The first-order valence-corrected chi connectivity index (χ1v) is 7.82. The minimum Gasteiger partial charge on any atom is -0.207 e. The van der Waals surface area contributed by atoms with Crippen molar-refractivity contribution in [2.75, 3.05) is 0 Å². The van der Waals surface area contributed by atoms with Gasteiger partial charge < -0.3 is 0 Å². The van der Waals surface area contributed by atoms with Crippen LogP contribution in [0.25, 0.3) is 0 Å². The zero-order valence-electron chi connectivity index (χ0n) is 12.7. The lowest BCUT2D eigenvalue weighted by Crippen LogP contribution is -2.11. The zero-order valence-corrected chi connectivity index (χ0v) is 14.3. The van der Waals surface area contributed by atoms with Crippen molar-refractivity contribution in [3.05, 3.63) is 70.3 Å². The van der Waals surface area contributed by atoms with E-state index in [0.29, 0.717) is 11.1 Å². The van der Waals surface area contributed by atoms with Crippen molar-refractivity contribution in [1.82, 2.24) is 0 Å². The molecule has 0 aliphatic rings. The van der Waals surface area contributed by atoms with Crippen LogP contribution in [0.15, 0.2) is 36.4 Å². The fourth-order valence-corrected chi connectivity index (χ4v) is 2.84. The maximum Gasteiger partial charge on any atom is 0.128 e. The largest absolute Gasteiger partial charge is 0.207 e. The summed E-state index contributed by atoms with van der Waals surface area (Å²) in [6, 6.07) is 10.5. The summed E-state index contributed by atoms with van der Waals surface area (Å²) in [5.41, 5.74) is 2.83. The molecule has 0 nitrogen and oxygen atoms in total. The van der Waals surface area contributed by atoms with Gasteiger partial charge >= 0.3 is 0 Å². The highest BCUT2D eigenvalue weighted by molar-refractivity contribution is 9.09. The highest BCUT2D eigenvalue weighted by Crippen LogP contribution is 2.34. The van der Waals surface area contributed by atoms with Gasteiger partial charge in [0.15, 0.2) is 0 Å². The Kier molecular flexibility index (Phi) is 4.52. The standard InChI is InChI=1S/C18H19BrF2/c1-11-9-16(21)14(10-15(11)20)17(19)12-5-7-13(8-6-12)18(2,3)4/h5-10,17H,1-4H3. The third-order valence-electron chi connectivity index (χ3n) is 3.62. The molecule has 0 saturated carbocycles. The molecular formula is C18H19BrF2. The minimum atomic E-state index is -0.393. The van der Waals surface area contributed by atoms with Crippen LogP contribution in [-0.2, 0) is 5.41 Å². The Balaban J connectivity index is 2.36. The van der Waals surface area contributed by atoms with Crippen LogP contribution < -0.4 is 0 Å². The van der Waals surface area contributed by atoms with E-state index in [9.17, 15) is 8.78 Å². The molecule has 2 aromatic carbocycles. The zero-order chi connectivity index (χ0) is 15.8. The SMILES string of the molecule is Cc1cc(F)c(C(Br)c2ccc(C(C)(C)C)cc2)cc1F. The summed E-state index contributed by atoms with van der Waals surface area (Å²) in [6.07, 6.45) is 0. The van der Waals surface area contributed by atoms with E-state index in [1.807, 2.05) is 24.3 Å². The molecule has 0 aliphatic heterocycles. The van der Waals surface area contributed by atoms with Crippen molar-refractivity contribution in [3.63, 3.8) is 0 Å². The number of hydrogen-bond acceptors (Lipinski definition) is 0. The molecule has 2 rings (SSSR count). The van der Waals surface area contributed by atoms with E-state index in [0.717, 1.165) is 5.56 Å². The third-order valence-corrected chi connectivity index (χ3v) is 4.64. The smallest absolute Gasteiger partial charge is 0.128 e. The summed E-state index contributed by atoms with van der Waals surface area (Å²) in [5.74, 6) is -0.780. The van der Waals surface area contributed by atoms with Gasteiger partial charge in [-0.1, -0.05) is 61.0 Å². The highest BCUT2D eigenvalue weighted by atomic mass is 79.9. The Bertz CT molecular complexity index is 640. The van der Waals surface area contributed by atoms with Crippen molar-refractivity contribution in [3.8, 4) is 0 Å². The fourth-order valence-electron chi connectivity index (χ4n) is 2.19. The molecule has 0 aromatic heterocycles. The molecule has 0 spiro atoms. The minimum absolute atomic E-state index is 0.0710. The third kappa shape index (κ3) is 3.52. The highest BCUT2D eigenvalue weighted by Gasteiger charge is 2.18. The monoisotopic (exact) mass is 352 g/mol. The Hall–Kier alpha value is -1.22. The number of halogens is 3. The van der Waals surface area contributed by atoms with Crippen LogP contribution in [0.5, 0.6) is 0 Å². The number of alkyl halides is 1. The van der Waals surface area contributed by atoms with E-state index in [2.05, 4.69) is 36.7 Å². The van der Waals surface area contributed by atoms with E-state index < -0.39 is 5.82 Å². The lowest BCUT2D eigenvalue weighted by atomic mass is 9.86. The summed E-state index contributed by atoms with van der Waals surface area (Å²) in [5, 5.41) is 0. The molecule has 3 heteroatoms. The predicted octanol–water partition coefficient (Wildman–Crippen LogP) is 6.06. The first-order chi connectivity index (χ1) is 9.70. The average molecular weight is 353 g/mol. The van der Waals surface area contributed by atoms with Gasteiger partial charge in [-0.05, 0) is 41.2 Å². The lowest BCUT2D eigenvalue weighted by Gasteiger charge is -2.20. The Morgan fingerprint density at radius 1 is 0.952 bits per heavy atom. The quantitative estimate of drug-likeness (QED) is 0.576. The van der Waals surface area contributed by atoms with Crippen LogP contribution in [0.2, 0.25) is 0 Å². The second kappa shape index (κ2) is 5.88. The Labute approximate surface area is 133 Å². The van der Waals surface area contributed by atoms with E-state index >= 15 is 0 Å². The van der Waals surface area contributed by atoms with E-state index in [1.54, 1.807) is 6.92 Å². The van der Waals surface area contributed by atoms with Gasteiger partial charge in [0.05, 0.1) is 4.83 Å². The van der Waals surface area contributed by atoms with Gasteiger partial charge in [0.25, 0.3) is 0 Å². The van der Waals surface area contributed by atoms with Crippen molar-refractivity contribution in [2.45, 2.75) is 37.9 Å². The van der Waals surface area contributed by atoms with Gasteiger partial charge in [0.2, 0.25) is 0 Å². The van der Waals surface area contributed by atoms with Gasteiger partial charge in [0.1, 0.15) is 11.6 Å². The molecule has 0 aliphatic carbocycles. The van der Waals surface area contributed by atoms with Gasteiger partial charge in [-0.2, -0.15) is 0 Å². The number of rotatable bonds is 2. The van der Waals surface area contributed by atoms with E-state index in [-0.39, 0.29) is 16.1 Å². The van der Waals surface area contributed by atoms with Gasteiger partial charge in [0, 0.05) is 5.56 Å². The maximum absolute atomic E-state index is 14.0. The second-order valence-electron chi connectivity index (χ2n) is 6.36. The second-order valence-corrected chi connectivity index (χ2v) is 7.27. The normalized spacial score (nSPS) is 13.3. The van der Waals surface area contributed by atoms with Crippen molar-refractivity contribution < 1.29 is 8.78 Å². The summed E-state index contributed by atoms with van der Waals surface area (Å²) in [6.45, 7) is 7.98. The summed E-state index contributed by atoms with van der Waals surface area (Å²) >= 11 is 3.47. The number of aryl methyl sites for hydroxylation is 1. The van der Waals surface area contributed by atoms with Crippen LogP contribution in [0.1, 0.15) is 47.9 Å². The average Bonchev–Trinajstić information content (AvgIpc) is 2.41. The summed E-state index contributed by atoms with van der Waals surface area (Å²) in [4.78, 5) is -0.360. The molecule has 0 radical (unpaired) electrons. The predicted molar refractivity (Wildman–Crippen MR) is 87.0 cm³/mol. The van der Waals surface area contributed by atoms with Crippen molar-refractivity contribution >= 4 is 15.9 Å². The molecule has 0 saturated heterocycles. The molecule has 0 bridgehead atoms. The van der Waals surface area contributed by atoms with Crippen molar-refractivity contribution in [1.29, 1.82) is 0 Å². The van der Waals surface area contributed by atoms with Gasteiger partial charge in [-0.25, -0.2) is 8.78 Å². The maximum atomic E-state index is 14.0.